The third-order valence-electron chi connectivity index (χ3n) is 5.21. The molecule has 1 amide bonds. The zero-order valence-corrected chi connectivity index (χ0v) is 16.4. The maximum Gasteiger partial charge on any atom is 0.329 e. The first-order chi connectivity index (χ1) is 12.1. The van der Waals surface area contributed by atoms with Gasteiger partial charge >= 0.3 is 5.97 Å². The zero-order chi connectivity index (χ0) is 19.1. The van der Waals surface area contributed by atoms with Crippen LogP contribution < -0.4 is 0 Å². The lowest BCUT2D eigenvalue weighted by molar-refractivity contribution is -0.156. The van der Waals surface area contributed by atoms with E-state index in [1.165, 1.54) is 12.3 Å². The van der Waals surface area contributed by atoms with Gasteiger partial charge in [0.25, 0.3) is 0 Å². The first kappa shape index (κ1) is 19.1. The predicted octanol–water partition coefficient (Wildman–Crippen LogP) is 2.99. The summed E-state index contributed by atoms with van der Waals surface area (Å²) in [5, 5.41) is 0. The predicted molar refractivity (Wildman–Crippen MR) is 98.0 cm³/mol. The van der Waals surface area contributed by atoms with Gasteiger partial charge in [-0.05, 0) is 18.6 Å². The van der Waals surface area contributed by atoms with Crippen molar-refractivity contribution >= 4 is 23.6 Å². The number of nitrogens with zero attached hydrogens (tertiary/aromatic N) is 2. The first-order valence-electron chi connectivity index (χ1n) is 8.80. The van der Waals surface area contributed by atoms with Crippen LogP contribution >= 0.6 is 11.8 Å². The summed E-state index contributed by atoms with van der Waals surface area (Å²) in [5.41, 5.74) is 0.118. The van der Waals surface area contributed by atoms with Crippen LogP contribution in [0.4, 0.5) is 4.39 Å². The van der Waals surface area contributed by atoms with Gasteiger partial charge < -0.3 is 9.64 Å². The molecule has 0 radical (unpaired) electrons. The Morgan fingerprint density at radius 1 is 1.42 bits per heavy atom. The van der Waals surface area contributed by atoms with Gasteiger partial charge in [-0.2, -0.15) is 0 Å². The van der Waals surface area contributed by atoms with Crippen LogP contribution in [-0.4, -0.2) is 46.0 Å². The zero-order valence-electron chi connectivity index (χ0n) is 15.6. The summed E-state index contributed by atoms with van der Waals surface area (Å²) in [6.07, 6.45) is 2.07. The molecule has 0 spiro atoms. The van der Waals surface area contributed by atoms with Crippen LogP contribution in [0.3, 0.4) is 0 Å². The fourth-order valence-corrected chi connectivity index (χ4v) is 4.41. The molecule has 0 N–H and O–H groups in total. The second kappa shape index (κ2) is 6.83. The van der Waals surface area contributed by atoms with Crippen molar-refractivity contribution in [2.75, 3.05) is 18.2 Å². The second-order valence-electron chi connectivity index (χ2n) is 8.35. The SMILES string of the molecule is CC(C)(C)C(=O)N1CSCC1C(=O)OCC1CC1(C)c1ccc(F)cn1. The van der Waals surface area contributed by atoms with Crippen LogP contribution in [0.1, 0.15) is 39.8 Å². The molecule has 1 saturated heterocycles. The maximum absolute atomic E-state index is 13.0. The molecule has 26 heavy (non-hydrogen) atoms. The van der Waals surface area contributed by atoms with Crippen LogP contribution in [-0.2, 0) is 19.7 Å². The van der Waals surface area contributed by atoms with Crippen molar-refractivity contribution in [3.05, 3.63) is 29.8 Å². The molecule has 0 aromatic carbocycles. The summed E-state index contributed by atoms with van der Waals surface area (Å²) in [4.78, 5) is 30.8. The van der Waals surface area contributed by atoms with Crippen molar-refractivity contribution in [2.24, 2.45) is 11.3 Å². The summed E-state index contributed by atoms with van der Waals surface area (Å²) < 4.78 is 18.6. The largest absolute Gasteiger partial charge is 0.464 e. The lowest BCUT2D eigenvalue weighted by Crippen LogP contribution is -2.47. The number of halogens is 1. The molecular formula is C19H25FN2O3S. The van der Waals surface area contributed by atoms with E-state index in [1.54, 1.807) is 22.7 Å². The summed E-state index contributed by atoms with van der Waals surface area (Å²) >= 11 is 1.57. The normalized spacial score (nSPS) is 28.1. The van der Waals surface area contributed by atoms with Crippen LogP contribution in [0, 0.1) is 17.2 Å². The summed E-state index contributed by atoms with van der Waals surface area (Å²) in [6, 6.07) is 2.58. The van der Waals surface area contributed by atoms with Crippen LogP contribution in [0.15, 0.2) is 18.3 Å². The lowest BCUT2D eigenvalue weighted by Gasteiger charge is -2.29. The average Bonchev–Trinajstić information content (AvgIpc) is 3.02. The highest BCUT2D eigenvalue weighted by Gasteiger charge is 2.53. The molecule has 3 atom stereocenters. The smallest absolute Gasteiger partial charge is 0.329 e. The Morgan fingerprint density at radius 2 is 2.15 bits per heavy atom. The van der Waals surface area contributed by atoms with Gasteiger partial charge in [0, 0.05) is 28.2 Å². The topological polar surface area (TPSA) is 59.5 Å². The molecule has 0 bridgehead atoms. The van der Waals surface area contributed by atoms with E-state index in [0.717, 1.165) is 12.1 Å². The quantitative estimate of drug-likeness (QED) is 0.752. The van der Waals surface area contributed by atoms with Gasteiger partial charge in [0.1, 0.15) is 11.9 Å². The number of rotatable bonds is 4. The Hall–Kier alpha value is -1.63. The van der Waals surface area contributed by atoms with Crippen molar-refractivity contribution in [3.63, 3.8) is 0 Å². The van der Waals surface area contributed by atoms with Crippen molar-refractivity contribution in [1.29, 1.82) is 0 Å². The number of hydrogen-bond donors (Lipinski definition) is 0. The van der Waals surface area contributed by atoms with Gasteiger partial charge in [-0.1, -0.05) is 27.7 Å². The molecule has 7 heteroatoms. The molecule has 1 aliphatic heterocycles. The van der Waals surface area contributed by atoms with Gasteiger partial charge in [0.15, 0.2) is 0 Å². The fourth-order valence-electron chi connectivity index (χ4n) is 3.27. The number of carbonyl (C=O) groups is 2. The van der Waals surface area contributed by atoms with Crippen LogP contribution in [0.5, 0.6) is 0 Å². The van der Waals surface area contributed by atoms with Crippen LogP contribution in [0.25, 0.3) is 0 Å². The number of thioether (sulfide) groups is 1. The fraction of sp³-hybridized carbons (Fsp3) is 0.632. The summed E-state index contributed by atoms with van der Waals surface area (Å²) in [5.74, 6) is 0.539. The van der Waals surface area contributed by atoms with E-state index < -0.39 is 11.5 Å². The molecule has 3 rings (SSSR count). The van der Waals surface area contributed by atoms with Gasteiger partial charge in [0.05, 0.1) is 18.7 Å². The van der Waals surface area contributed by atoms with E-state index in [9.17, 15) is 14.0 Å². The Balaban J connectivity index is 1.56. The van der Waals surface area contributed by atoms with Gasteiger partial charge in [-0.15, -0.1) is 11.8 Å². The highest BCUT2D eigenvalue weighted by Crippen LogP contribution is 2.53. The average molecular weight is 380 g/mol. The molecule has 1 aliphatic carbocycles. The number of pyridine rings is 1. The molecule has 142 valence electrons. The highest BCUT2D eigenvalue weighted by atomic mass is 32.2. The van der Waals surface area contributed by atoms with Crippen molar-refractivity contribution in [2.45, 2.75) is 45.6 Å². The number of carbonyl (C=O) groups excluding carboxylic acids is 2. The lowest BCUT2D eigenvalue weighted by atomic mass is 9.94. The molecule has 1 aromatic rings. The number of amides is 1. The molecule has 3 unspecified atom stereocenters. The number of hydrogen-bond acceptors (Lipinski definition) is 5. The minimum Gasteiger partial charge on any atom is -0.464 e. The Kier molecular flexibility index (Phi) is 5.03. The van der Waals surface area contributed by atoms with Crippen molar-refractivity contribution in [3.8, 4) is 0 Å². The molecule has 2 fully saturated rings. The summed E-state index contributed by atoms with van der Waals surface area (Å²) in [7, 11) is 0. The van der Waals surface area contributed by atoms with E-state index >= 15 is 0 Å². The molecule has 2 heterocycles. The monoisotopic (exact) mass is 380 g/mol. The standard InChI is InChI=1S/C19H25FN2O3S/c1-18(2,3)17(24)22-11-26-10-14(22)16(23)25-9-12-7-19(12,4)15-6-5-13(20)8-21-15/h5-6,8,12,14H,7,9-11H2,1-4H3. The summed E-state index contributed by atoms with van der Waals surface area (Å²) in [6.45, 7) is 7.91. The van der Waals surface area contributed by atoms with Gasteiger partial charge in [-0.25, -0.2) is 9.18 Å². The van der Waals surface area contributed by atoms with Gasteiger partial charge in [-0.3, -0.25) is 9.78 Å². The second-order valence-corrected chi connectivity index (χ2v) is 9.35. The first-order valence-corrected chi connectivity index (χ1v) is 9.96. The molecule has 5 nitrogen and oxygen atoms in total. The van der Waals surface area contributed by atoms with Gasteiger partial charge in [0.2, 0.25) is 5.91 Å². The van der Waals surface area contributed by atoms with Crippen molar-refractivity contribution in [1.82, 2.24) is 9.88 Å². The number of aromatic nitrogens is 1. The van der Waals surface area contributed by atoms with Crippen LogP contribution in [0.2, 0.25) is 0 Å². The maximum atomic E-state index is 13.0. The Bertz CT molecular complexity index is 704. The minimum absolute atomic E-state index is 0.0313. The minimum atomic E-state index is -0.521. The van der Waals surface area contributed by atoms with Crippen molar-refractivity contribution < 1.29 is 18.7 Å². The Labute approximate surface area is 157 Å². The van der Waals surface area contributed by atoms with E-state index in [0.29, 0.717) is 18.2 Å². The molecule has 1 saturated carbocycles. The van der Waals surface area contributed by atoms with E-state index in [-0.39, 0.29) is 29.0 Å². The van der Waals surface area contributed by atoms with E-state index in [1.807, 2.05) is 27.7 Å². The third kappa shape index (κ3) is 3.72. The Morgan fingerprint density at radius 3 is 2.77 bits per heavy atom. The third-order valence-corrected chi connectivity index (χ3v) is 6.22. The van der Waals surface area contributed by atoms with E-state index in [4.69, 9.17) is 4.74 Å². The number of esters is 1. The highest BCUT2D eigenvalue weighted by molar-refractivity contribution is 7.99. The molecule has 1 aromatic heterocycles. The molecule has 2 aliphatic rings. The number of ether oxygens (including phenoxy) is 1. The molecular weight excluding hydrogens is 355 g/mol. The van der Waals surface area contributed by atoms with E-state index in [2.05, 4.69) is 4.98 Å².